The van der Waals surface area contributed by atoms with E-state index in [2.05, 4.69) is 60.7 Å². The van der Waals surface area contributed by atoms with Crippen molar-refractivity contribution in [1.29, 1.82) is 0 Å². The average Bonchev–Trinajstić information content (AvgIpc) is 2.50. The van der Waals surface area contributed by atoms with E-state index < -0.39 is 0 Å². The Labute approximate surface area is 135 Å². The van der Waals surface area contributed by atoms with Crippen LogP contribution < -0.4 is 5.32 Å². The highest BCUT2D eigenvalue weighted by atomic mass is 14.8. The number of pyridine rings is 1. The van der Waals surface area contributed by atoms with Gasteiger partial charge in [0, 0.05) is 24.0 Å². The number of nitrogens with zero attached hydrogens (tertiary/aromatic N) is 1. The van der Waals surface area contributed by atoms with Gasteiger partial charge < -0.3 is 5.32 Å². The van der Waals surface area contributed by atoms with Crippen LogP contribution in [0.15, 0.2) is 0 Å². The molecule has 118 valence electrons. The summed E-state index contributed by atoms with van der Waals surface area (Å²) in [6.07, 6.45) is 0. The lowest BCUT2D eigenvalue weighted by Crippen LogP contribution is -2.07. The van der Waals surface area contributed by atoms with Crippen LogP contribution in [-0.2, 0) is 0 Å². The Morgan fingerprint density at radius 2 is 1.09 bits per heavy atom. The van der Waals surface area contributed by atoms with Crippen molar-refractivity contribution in [2.24, 2.45) is 0 Å². The fourth-order valence-corrected chi connectivity index (χ4v) is 3.23. The van der Waals surface area contributed by atoms with Crippen molar-refractivity contribution < 1.29 is 0 Å². The van der Waals surface area contributed by atoms with Crippen molar-refractivity contribution in [2.75, 3.05) is 12.4 Å². The van der Waals surface area contributed by atoms with E-state index in [1.165, 1.54) is 50.2 Å². The van der Waals surface area contributed by atoms with Gasteiger partial charge in [-0.2, -0.15) is 0 Å². The summed E-state index contributed by atoms with van der Waals surface area (Å²) < 4.78 is 0. The molecule has 0 unspecified atom stereocenters. The smallest absolute Gasteiger partial charge is 0.0760 e. The summed E-state index contributed by atoms with van der Waals surface area (Å²) in [5.41, 5.74) is 14.0. The summed E-state index contributed by atoms with van der Waals surface area (Å²) in [7, 11) is 2.00. The molecule has 0 aliphatic heterocycles. The van der Waals surface area contributed by atoms with E-state index in [9.17, 15) is 0 Å². The zero-order valence-corrected chi connectivity index (χ0v) is 15.4. The molecule has 1 aromatic heterocycles. The zero-order chi connectivity index (χ0) is 16.8. The first kappa shape index (κ1) is 16.5. The van der Waals surface area contributed by atoms with Crippen molar-refractivity contribution in [2.45, 2.75) is 55.4 Å². The van der Waals surface area contributed by atoms with Gasteiger partial charge in [0.2, 0.25) is 0 Å². The van der Waals surface area contributed by atoms with Crippen LogP contribution in [0.4, 0.5) is 5.69 Å². The Hall–Kier alpha value is -1.83. The van der Waals surface area contributed by atoms with Gasteiger partial charge in [0.25, 0.3) is 0 Å². The summed E-state index contributed by atoms with van der Waals surface area (Å²) in [6, 6.07) is 0. The van der Waals surface area contributed by atoms with E-state index in [0.29, 0.717) is 0 Å². The van der Waals surface area contributed by atoms with Gasteiger partial charge in [0.15, 0.2) is 0 Å². The molecular formula is C20H28N2. The van der Waals surface area contributed by atoms with E-state index in [-0.39, 0.29) is 0 Å². The third-order valence-corrected chi connectivity index (χ3v) is 5.48. The second kappa shape index (κ2) is 5.75. The molecule has 1 aromatic carbocycles. The lowest BCUT2D eigenvalue weighted by atomic mass is 9.88. The SMILES string of the molecule is CNc1c(C)c(C)c(C)c(C)c1-c1nc(C)c(C)c(C)c1C. The lowest BCUT2D eigenvalue weighted by molar-refractivity contribution is 1.09. The predicted octanol–water partition coefficient (Wildman–Crippen LogP) is 5.26. The van der Waals surface area contributed by atoms with E-state index in [4.69, 9.17) is 4.98 Å². The molecule has 0 bridgehead atoms. The van der Waals surface area contributed by atoms with E-state index in [0.717, 1.165) is 11.4 Å². The van der Waals surface area contributed by atoms with E-state index in [1.54, 1.807) is 0 Å². The van der Waals surface area contributed by atoms with Crippen LogP contribution in [0.25, 0.3) is 11.3 Å². The fourth-order valence-electron chi connectivity index (χ4n) is 3.23. The quantitative estimate of drug-likeness (QED) is 0.818. The van der Waals surface area contributed by atoms with Gasteiger partial charge in [0.05, 0.1) is 5.69 Å². The molecule has 22 heavy (non-hydrogen) atoms. The Balaban J connectivity index is 2.96. The van der Waals surface area contributed by atoms with Crippen LogP contribution in [0.1, 0.15) is 44.6 Å². The highest BCUT2D eigenvalue weighted by molar-refractivity contribution is 5.85. The standard InChI is InChI=1S/C20H28N2/c1-10-11(2)15(6)19(21-9)18(14(10)5)20-16(7)12(3)13(4)17(8)22-20/h21H,1-9H3. The highest BCUT2D eigenvalue weighted by Gasteiger charge is 2.20. The number of aryl methyl sites for hydroxylation is 1. The molecule has 2 aromatic rings. The van der Waals surface area contributed by atoms with Crippen molar-refractivity contribution in [1.82, 2.24) is 4.98 Å². The van der Waals surface area contributed by atoms with Crippen molar-refractivity contribution >= 4 is 5.69 Å². The molecule has 1 heterocycles. The first-order valence-corrected chi connectivity index (χ1v) is 7.95. The van der Waals surface area contributed by atoms with E-state index >= 15 is 0 Å². The molecule has 0 fully saturated rings. The number of aromatic nitrogens is 1. The Morgan fingerprint density at radius 1 is 0.591 bits per heavy atom. The minimum atomic E-state index is 1.12. The molecule has 0 amide bonds. The summed E-state index contributed by atoms with van der Waals surface area (Å²) in [6.45, 7) is 17.5. The molecule has 0 radical (unpaired) electrons. The van der Waals surface area contributed by atoms with Gasteiger partial charge in [-0.05, 0) is 94.3 Å². The first-order valence-electron chi connectivity index (χ1n) is 7.95. The molecule has 2 rings (SSSR count). The monoisotopic (exact) mass is 296 g/mol. The van der Waals surface area contributed by atoms with Gasteiger partial charge in [0.1, 0.15) is 0 Å². The van der Waals surface area contributed by atoms with Crippen molar-refractivity contribution in [3.8, 4) is 11.3 Å². The van der Waals surface area contributed by atoms with Crippen LogP contribution in [0.5, 0.6) is 0 Å². The summed E-state index contributed by atoms with van der Waals surface area (Å²) in [4.78, 5) is 4.94. The maximum atomic E-state index is 4.94. The van der Waals surface area contributed by atoms with Gasteiger partial charge in [-0.25, -0.2) is 0 Å². The summed E-state index contributed by atoms with van der Waals surface area (Å²) >= 11 is 0. The van der Waals surface area contributed by atoms with Crippen LogP contribution in [0.3, 0.4) is 0 Å². The normalized spacial score (nSPS) is 11.0. The minimum Gasteiger partial charge on any atom is -0.387 e. The summed E-state index contributed by atoms with van der Waals surface area (Å²) in [5.74, 6) is 0. The number of rotatable bonds is 2. The largest absolute Gasteiger partial charge is 0.387 e. The average molecular weight is 296 g/mol. The second-order valence-corrected chi connectivity index (χ2v) is 6.42. The molecule has 2 nitrogen and oxygen atoms in total. The summed E-state index contributed by atoms with van der Waals surface area (Å²) in [5, 5.41) is 3.41. The fraction of sp³-hybridized carbons (Fsp3) is 0.450. The molecule has 0 spiro atoms. The molecule has 2 heteroatoms. The third kappa shape index (κ3) is 2.31. The molecule has 0 atom stereocenters. The van der Waals surface area contributed by atoms with Crippen molar-refractivity contribution in [3.63, 3.8) is 0 Å². The number of benzene rings is 1. The molecule has 0 saturated heterocycles. The lowest BCUT2D eigenvalue weighted by Gasteiger charge is -2.23. The molecule has 0 aliphatic rings. The Bertz CT molecular complexity index is 756. The first-order chi connectivity index (χ1) is 10.2. The molecule has 0 aliphatic carbocycles. The zero-order valence-electron chi connectivity index (χ0n) is 15.4. The molecular weight excluding hydrogens is 268 g/mol. The third-order valence-electron chi connectivity index (χ3n) is 5.48. The molecule has 0 saturated carbocycles. The number of anilines is 1. The minimum absolute atomic E-state index is 1.12. The maximum Gasteiger partial charge on any atom is 0.0760 e. The van der Waals surface area contributed by atoms with Gasteiger partial charge in [-0.1, -0.05) is 0 Å². The Kier molecular flexibility index (Phi) is 4.32. The number of hydrogen-bond donors (Lipinski definition) is 1. The van der Waals surface area contributed by atoms with Crippen LogP contribution in [0.2, 0.25) is 0 Å². The number of hydrogen-bond acceptors (Lipinski definition) is 2. The molecule has 1 N–H and O–H groups in total. The predicted molar refractivity (Wildman–Crippen MR) is 97.1 cm³/mol. The highest BCUT2D eigenvalue weighted by Crippen LogP contribution is 2.39. The van der Waals surface area contributed by atoms with E-state index in [1.807, 2.05) is 7.05 Å². The van der Waals surface area contributed by atoms with Crippen LogP contribution >= 0.6 is 0 Å². The second-order valence-electron chi connectivity index (χ2n) is 6.42. The Morgan fingerprint density at radius 3 is 1.64 bits per heavy atom. The van der Waals surface area contributed by atoms with Crippen LogP contribution in [-0.4, -0.2) is 12.0 Å². The van der Waals surface area contributed by atoms with Gasteiger partial charge >= 0.3 is 0 Å². The maximum absolute atomic E-state index is 4.94. The van der Waals surface area contributed by atoms with Crippen LogP contribution in [0, 0.1) is 55.4 Å². The van der Waals surface area contributed by atoms with Gasteiger partial charge in [-0.3, -0.25) is 4.98 Å². The van der Waals surface area contributed by atoms with Gasteiger partial charge in [-0.15, -0.1) is 0 Å². The number of nitrogens with one attached hydrogen (secondary N) is 1. The van der Waals surface area contributed by atoms with Crippen molar-refractivity contribution in [3.05, 3.63) is 44.6 Å². The topological polar surface area (TPSA) is 24.9 Å².